The van der Waals surface area contributed by atoms with E-state index in [-0.39, 0.29) is 17.7 Å². The van der Waals surface area contributed by atoms with E-state index in [9.17, 15) is 9.59 Å². The first-order chi connectivity index (χ1) is 13.6. The van der Waals surface area contributed by atoms with Gasteiger partial charge in [-0.25, -0.2) is 0 Å². The predicted molar refractivity (Wildman–Crippen MR) is 109 cm³/mol. The number of aromatic nitrogens is 1. The number of H-pyrrole nitrogens is 1. The van der Waals surface area contributed by atoms with Crippen molar-refractivity contribution >= 4 is 28.4 Å². The van der Waals surface area contributed by atoms with Gasteiger partial charge in [-0.1, -0.05) is 30.3 Å². The van der Waals surface area contributed by atoms with Gasteiger partial charge in [0.15, 0.2) is 0 Å². The van der Waals surface area contributed by atoms with Crippen molar-refractivity contribution in [1.82, 2.24) is 9.88 Å². The molecular weight excluding hydrogens is 354 g/mol. The summed E-state index contributed by atoms with van der Waals surface area (Å²) >= 11 is 0. The van der Waals surface area contributed by atoms with Crippen LogP contribution < -0.4 is 5.32 Å². The lowest BCUT2D eigenvalue weighted by molar-refractivity contribution is -0.137. The minimum absolute atomic E-state index is 0.0933. The van der Waals surface area contributed by atoms with Gasteiger partial charge in [-0.2, -0.15) is 0 Å². The van der Waals surface area contributed by atoms with E-state index in [0.717, 1.165) is 40.7 Å². The molecule has 0 spiro atoms. The molecule has 28 heavy (non-hydrogen) atoms. The van der Waals surface area contributed by atoms with Crippen molar-refractivity contribution in [3.05, 3.63) is 54.6 Å². The highest BCUT2D eigenvalue weighted by molar-refractivity contribution is 5.94. The molecule has 2 amide bonds. The van der Waals surface area contributed by atoms with E-state index in [1.165, 1.54) is 0 Å². The maximum atomic E-state index is 12.7. The molecule has 6 nitrogen and oxygen atoms in total. The smallest absolute Gasteiger partial charge is 0.248 e. The molecular formula is C22H23N3O3. The van der Waals surface area contributed by atoms with Crippen molar-refractivity contribution < 1.29 is 14.7 Å². The normalized spacial score (nSPS) is 16.9. The highest BCUT2D eigenvalue weighted by Gasteiger charge is 2.28. The fourth-order valence-corrected chi connectivity index (χ4v) is 3.76. The fourth-order valence-electron chi connectivity index (χ4n) is 3.76. The molecule has 1 aliphatic rings. The molecule has 144 valence electrons. The minimum atomic E-state index is -0.513. The Morgan fingerprint density at radius 1 is 1.14 bits per heavy atom. The number of aromatic amines is 1. The molecule has 1 fully saturated rings. The molecule has 0 bridgehead atoms. The molecule has 2 aromatic carbocycles. The number of hydrogen-bond acceptors (Lipinski definition) is 3. The summed E-state index contributed by atoms with van der Waals surface area (Å²) in [6, 6.07) is 17.9. The zero-order valence-corrected chi connectivity index (χ0v) is 15.5. The minimum Gasteiger partial charge on any atom is -0.387 e. The van der Waals surface area contributed by atoms with Crippen LogP contribution >= 0.6 is 0 Å². The Morgan fingerprint density at radius 3 is 2.82 bits per heavy atom. The lowest BCUT2D eigenvalue weighted by atomic mass is 9.97. The second-order valence-corrected chi connectivity index (χ2v) is 7.18. The van der Waals surface area contributed by atoms with Crippen LogP contribution in [0.3, 0.4) is 0 Å². The maximum Gasteiger partial charge on any atom is 0.248 e. The third-order valence-corrected chi connectivity index (χ3v) is 5.25. The summed E-state index contributed by atoms with van der Waals surface area (Å²) in [4.78, 5) is 29.4. The van der Waals surface area contributed by atoms with Crippen LogP contribution in [0.25, 0.3) is 22.2 Å². The summed E-state index contributed by atoms with van der Waals surface area (Å²) in [6.45, 7) is 0.437. The Labute approximate surface area is 163 Å². The number of amides is 2. The average molecular weight is 377 g/mol. The van der Waals surface area contributed by atoms with Gasteiger partial charge in [0.25, 0.3) is 0 Å². The monoisotopic (exact) mass is 377 g/mol. The largest absolute Gasteiger partial charge is 0.387 e. The van der Waals surface area contributed by atoms with Crippen molar-refractivity contribution in [2.45, 2.75) is 12.8 Å². The van der Waals surface area contributed by atoms with Crippen molar-refractivity contribution in [2.24, 2.45) is 5.92 Å². The number of aliphatic hydroxyl groups is 1. The molecule has 0 saturated carbocycles. The lowest BCUT2D eigenvalue weighted by Crippen LogP contribution is -2.44. The van der Waals surface area contributed by atoms with Crippen molar-refractivity contribution in [1.29, 1.82) is 0 Å². The van der Waals surface area contributed by atoms with Crippen LogP contribution in [-0.4, -0.2) is 46.5 Å². The molecule has 2 heterocycles. The topological polar surface area (TPSA) is 85.4 Å². The number of carbonyl (C=O) groups excluding carboxylic acids is 2. The lowest BCUT2D eigenvalue weighted by Gasteiger charge is -2.31. The zero-order chi connectivity index (χ0) is 19.5. The molecule has 0 unspecified atom stereocenters. The second-order valence-electron chi connectivity index (χ2n) is 7.18. The van der Waals surface area contributed by atoms with E-state index in [2.05, 4.69) is 22.4 Å². The fraction of sp³-hybridized carbons (Fsp3) is 0.273. The van der Waals surface area contributed by atoms with Crippen LogP contribution in [0.15, 0.2) is 54.6 Å². The van der Waals surface area contributed by atoms with Gasteiger partial charge in [0.05, 0.1) is 5.92 Å². The quantitative estimate of drug-likeness (QED) is 0.653. The number of anilines is 1. The number of benzene rings is 2. The number of fused-ring (bicyclic) bond motifs is 1. The molecule has 1 saturated heterocycles. The Bertz CT molecular complexity index is 978. The molecule has 3 N–H and O–H groups in total. The Kier molecular flexibility index (Phi) is 5.12. The number of para-hydroxylation sites is 1. The first-order valence-corrected chi connectivity index (χ1v) is 9.52. The number of piperidine rings is 1. The van der Waals surface area contributed by atoms with Gasteiger partial charge in [0, 0.05) is 40.9 Å². The molecule has 1 aromatic heterocycles. The third kappa shape index (κ3) is 3.77. The SMILES string of the molecule is O=C(Nc1cccc(-c2cc3ccccc3[nH]2)c1)[C@H]1CCCN(C(=O)CO)C1. The Balaban J connectivity index is 1.48. The van der Waals surface area contributed by atoms with Gasteiger partial charge in [-0.15, -0.1) is 0 Å². The van der Waals surface area contributed by atoms with Crippen LogP contribution in [0.1, 0.15) is 12.8 Å². The number of hydrogen-bond donors (Lipinski definition) is 3. The zero-order valence-electron chi connectivity index (χ0n) is 15.5. The molecule has 1 atom stereocenters. The summed E-state index contributed by atoms with van der Waals surface area (Å²) in [5.74, 6) is -0.677. The van der Waals surface area contributed by atoms with Crippen LogP contribution in [0.2, 0.25) is 0 Å². The number of nitrogens with one attached hydrogen (secondary N) is 2. The van der Waals surface area contributed by atoms with Gasteiger partial charge in [0.2, 0.25) is 11.8 Å². The van der Waals surface area contributed by atoms with E-state index < -0.39 is 6.61 Å². The first kappa shape index (κ1) is 18.3. The Morgan fingerprint density at radius 2 is 2.00 bits per heavy atom. The van der Waals surface area contributed by atoms with Gasteiger partial charge in [-0.05, 0) is 37.1 Å². The van der Waals surface area contributed by atoms with Gasteiger partial charge < -0.3 is 20.3 Å². The Hall–Kier alpha value is -3.12. The van der Waals surface area contributed by atoms with E-state index in [0.29, 0.717) is 13.1 Å². The van der Waals surface area contributed by atoms with Gasteiger partial charge in [-0.3, -0.25) is 9.59 Å². The molecule has 0 aliphatic carbocycles. The highest BCUT2D eigenvalue weighted by atomic mass is 16.3. The van der Waals surface area contributed by atoms with E-state index in [1.54, 1.807) is 4.90 Å². The standard InChI is InChI=1S/C22H23N3O3/c26-14-21(27)25-10-4-7-17(13-25)22(28)23-18-8-3-6-15(11-18)20-12-16-5-1-2-9-19(16)24-20/h1-3,5-6,8-9,11-12,17,24,26H,4,7,10,13-14H2,(H,23,28)/t17-/m0/s1. The molecule has 3 aromatic rings. The summed E-state index contributed by atoms with van der Waals surface area (Å²) in [6.07, 6.45) is 1.50. The van der Waals surface area contributed by atoms with E-state index in [1.807, 2.05) is 42.5 Å². The molecule has 1 aliphatic heterocycles. The highest BCUT2D eigenvalue weighted by Crippen LogP contribution is 2.26. The maximum absolute atomic E-state index is 12.7. The number of carbonyl (C=O) groups is 2. The van der Waals surface area contributed by atoms with Crippen LogP contribution in [0.4, 0.5) is 5.69 Å². The second kappa shape index (κ2) is 7.86. The molecule has 6 heteroatoms. The predicted octanol–water partition coefficient (Wildman–Crippen LogP) is 3.00. The first-order valence-electron chi connectivity index (χ1n) is 9.52. The van der Waals surface area contributed by atoms with Crippen molar-refractivity contribution in [3.8, 4) is 11.3 Å². The summed E-state index contributed by atoms with van der Waals surface area (Å²) in [7, 11) is 0. The third-order valence-electron chi connectivity index (χ3n) is 5.25. The summed E-state index contributed by atoms with van der Waals surface area (Å²) in [5.41, 5.74) is 3.79. The van der Waals surface area contributed by atoms with Crippen molar-refractivity contribution in [3.63, 3.8) is 0 Å². The van der Waals surface area contributed by atoms with Crippen LogP contribution in [0, 0.1) is 5.92 Å². The summed E-state index contributed by atoms with van der Waals surface area (Å²) in [5, 5.41) is 13.2. The van der Waals surface area contributed by atoms with Crippen LogP contribution in [0.5, 0.6) is 0 Å². The van der Waals surface area contributed by atoms with Gasteiger partial charge in [0.1, 0.15) is 6.61 Å². The number of aliphatic hydroxyl groups excluding tert-OH is 1. The number of likely N-dealkylation sites (tertiary alicyclic amines) is 1. The number of nitrogens with zero attached hydrogens (tertiary/aromatic N) is 1. The van der Waals surface area contributed by atoms with Crippen LogP contribution in [-0.2, 0) is 9.59 Å². The summed E-state index contributed by atoms with van der Waals surface area (Å²) < 4.78 is 0. The average Bonchev–Trinajstić information content (AvgIpc) is 3.18. The van der Waals surface area contributed by atoms with E-state index >= 15 is 0 Å². The molecule has 4 rings (SSSR count). The number of rotatable bonds is 4. The van der Waals surface area contributed by atoms with Gasteiger partial charge >= 0.3 is 0 Å². The van der Waals surface area contributed by atoms with Crippen molar-refractivity contribution in [2.75, 3.05) is 25.0 Å². The van der Waals surface area contributed by atoms with E-state index in [4.69, 9.17) is 5.11 Å². The molecule has 0 radical (unpaired) electrons.